The van der Waals surface area contributed by atoms with Crippen molar-refractivity contribution in [1.82, 2.24) is 10.3 Å². The van der Waals surface area contributed by atoms with Crippen molar-refractivity contribution in [3.05, 3.63) is 70.0 Å². The molecule has 0 bridgehead atoms. The Hall–Kier alpha value is -2.24. The lowest BCUT2D eigenvalue weighted by atomic mass is 10.1. The number of benzene rings is 2. The summed E-state index contributed by atoms with van der Waals surface area (Å²) in [6.07, 6.45) is 0. The highest BCUT2D eigenvalue weighted by Gasteiger charge is 2.03. The minimum absolute atomic E-state index is 0.623. The standard InChI is InChI=1S/C19H19N3S2/c1-13-3-9-17(10-4-13)22-19(23)20-11-15-5-7-16(8-6-15)18-12-24-14(2)21-18/h3-10,12H,11H2,1-2H3,(H2,20,22,23). The molecule has 3 aromatic rings. The summed E-state index contributed by atoms with van der Waals surface area (Å²) in [6.45, 7) is 4.78. The molecule has 0 saturated heterocycles. The first kappa shape index (κ1) is 16.6. The normalized spacial score (nSPS) is 10.4. The van der Waals surface area contributed by atoms with Gasteiger partial charge in [-0.3, -0.25) is 0 Å². The van der Waals surface area contributed by atoms with E-state index in [1.165, 1.54) is 11.1 Å². The summed E-state index contributed by atoms with van der Waals surface area (Å²) in [6, 6.07) is 16.6. The zero-order valence-corrected chi connectivity index (χ0v) is 15.3. The second kappa shape index (κ2) is 7.55. The van der Waals surface area contributed by atoms with Gasteiger partial charge in [-0.05, 0) is 43.8 Å². The van der Waals surface area contributed by atoms with Gasteiger partial charge < -0.3 is 10.6 Å². The molecule has 0 spiro atoms. The fraction of sp³-hybridized carbons (Fsp3) is 0.158. The van der Waals surface area contributed by atoms with E-state index < -0.39 is 0 Å². The number of nitrogens with one attached hydrogen (secondary N) is 2. The van der Waals surface area contributed by atoms with Crippen molar-refractivity contribution < 1.29 is 0 Å². The lowest BCUT2D eigenvalue weighted by Gasteiger charge is -2.11. The average Bonchev–Trinajstić information content (AvgIpc) is 3.02. The maximum absolute atomic E-state index is 5.34. The summed E-state index contributed by atoms with van der Waals surface area (Å²) in [5.41, 5.74) is 5.58. The lowest BCUT2D eigenvalue weighted by molar-refractivity contribution is 0.926. The molecule has 0 radical (unpaired) electrons. The van der Waals surface area contributed by atoms with Crippen molar-refractivity contribution in [2.45, 2.75) is 20.4 Å². The van der Waals surface area contributed by atoms with Crippen LogP contribution in [0, 0.1) is 13.8 Å². The van der Waals surface area contributed by atoms with Gasteiger partial charge in [-0.2, -0.15) is 0 Å². The molecule has 0 fully saturated rings. The number of hydrogen-bond acceptors (Lipinski definition) is 3. The van der Waals surface area contributed by atoms with Gasteiger partial charge in [0.2, 0.25) is 0 Å². The number of thiocarbonyl (C=S) groups is 1. The van der Waals surface area contributed by atoms with E-state index in [1.807, 2.05) is 19.1 Å². The van der Waals surface area contributed by atoms with Crippen molar-refractivity contribution in [3.8, 4) is 11.3 Å². The van der Waals surface area contributed by atoms with Gasteiger partial charge in [-0.1, -0.05) is 42.0 Å². The minimum atomic E-state index is 0.623. The molecule has 24 heavy (non-hydrogen) atoms. The minimum Gasteiger partial charge on any atom is -0.358 e. The van der Waals surface area contributed by atoms with Gasteiger partial charge in [0.1, 0.15) is 0 Å². The largest absolute Gasteiger partial charge is 0.358 e. The number of anilines is 1. The smallest absolute Gasteiger partial charge is 0.171 e. The van der Waals surface area contributed by atoms with E-state index in [2.05, 4.69) is 64.3 Å². The highest BCUT2D eigenvalue weighted by atomic mass is 32.1. The Morgan fingerprint density at radius 1 is 1.04 bits per heavy atom. The van der Waals surface area contributed by atoms with Gasteiger partial charge in [0, 0.05) is 23.2 Å². The fourth-order valence-corrected chi connectivity index (χ4v) is 3.10. The first-order valence-electron chi connectivity index (χ1n) is 7.73. The van der Waals surface area contributed by atoms with Crippen molar-refractivity contribution in [3.63, 3.8) is 0 Å². The number of thiazole rings is 1. The molecule has 5 heteroatoms. The summed E-state index contributed by atoms with van der Waals surface area (Å²) >= 11 is 7.01. The zero-order valence-electron chi connectivity index (χ0n) is 13.7. The van der Waals surface area contributed by atoms with Gasteiger partial charge in [-0.25, -0.2) is 4.98 Å². The Balaban J connectivity index is 1.54. The van der Waals surface area contributed by atoms with Crippen LogP contribution >= 0.6 is 23.6 Å². The van der Waals surface area contributed by atoms with Crippen molar-refractivity contribution in [2.75, 3.05) is 5.32 Å². The van der Waals surface area contributed by atoms with E-state index in [0.717, 1.165) is 22.0 Å². The van der Waals surface area contributed by atoms with Crippen LogP contribution in [-0.4, -0.2) is 10.1 Å². The van der Waals surface area contributed by atoms with Crippen LogP contribution in [-0.2, 0) is 6.54 Å². The SMILES string of the molecule is Cc1ccc(NC(=S)NCc2ccc(-c3csc(C)n3)cc2)cc1. The summed E-state index contributed by atoms with van der Waals surface area (Å²) < 4.78 is 0. The Morgan fingerprint density at radius 2 is 1.75 bits per heavy atom. The lowest BCUT2D eigenvalue weighted by Crippen LogP contribution is -2.27. The topological polar surface area (TPSA) is 37.0 Å². The summed E-state index contributed by atoms with van der Waals surface area (Å²) in [5.74, 6) is 0. The Labute approximate surface area is 151 Å². The highest BCUT2D eigenvalue weighted by Crippen LogP contribution is 2.21. The maximum atomic E-state index is 5.34. The molecule has 0 aliphatic rings. The van der Waals surface area contributed by atoms with Crippen LogP contribution < -0.4 is 10.6 Å². The molecule has 0 aliphatic carbocycles. The number of aryl methyl sites for hydroxylation is 2. The molecule has 0 amide bonds. The van der Waals surface area contributed by atoms with Crippen LogP contribution in [0.1, 0.15) is 16.1 Å². The third-order valence-electron chi connectivity index (χ3n) is 3.63. The molecule has 3 rings (SSSR count). The third kappa shape index (κ3) is 4.40. The molecule has 0 aliphatic heterocycles. The van der Waals surface area contributed by atoms with Crippen LogP contribution in [0.5, 0.6) is 0 Å². The summed E-state index contributed by atoms with van der Waals surface area (Å²) in [4.78, 5) is 4.51. The first-order valence-corrected chi connectivity index (χ1v) is 9.02. The third-order valence-corrected chi connectivity index (χ3v) is 4.65. The molecule has 1 heterocycles. The summed E-state index contributed by atoms with van der Waals surface area (Å²) in [5, 5.41) is 10.2. The van der Waals surface area contributed by atoms with Crippen LogP contribution in [0.2, 0.25) is 0 Å². The molecule has 2 N–H and O–H groups in total. The quantitative estimate of drug-likeness (QED) is 0.653. The van der Waals surface area contributed by atoms with Crippen molar-refractivity contribution in [2.24, 2.45) is 0 Å². The second-order valence-electron chi connectivity index (χ2n) is 5.62. The van der Waals surface area contributed by atoms with Crippen molar-refractivity contribution in [1.29, 1.82) is 0 Å². The monoisotopic (exact) mass is 353 g/mol. The molecule has 122 valence electrons. The van der Waals surface area contributed by atoms with E-state index >= 15 is 0 Å². The van der Waals surface area contributed by atoms with Gasteiger partial charge in [0.25, 0.3) is 0 Å². The van der Waals surface area contributed by atoms with E-state index in [-0.39, 0.29) is 0 Å². The number of hydrogen-bond donors (Lipinski definition) is 2. The molecule has 0 saturated carbocycles. The number of aromatic nitrogens is 1. The van der Waals surface area contributed by atoms with Gasteiger partial charge in [0.05, 0.1) is 10.7 Å². The molecule has 2 aromatic carbocycles. The first-order chi connectivity index (χ1) is 11.6. The van der Waals surface area contributed by atoms with E-state index in [9.17, 15) is 0 Å². The predicted molar refractivity (Wildman–Crippen MR) is 107 cm³/mol. The van der Waals surface area contributed by atoms with E-state index in [1.54, 1.807) is 11.3 Å². The zero-order chi connectivity index (χ0) is 16.9. The molecule has 0 unspecified atom stereocenters. The molecule has 3 nitrogen and oxygen atoms in total. The average molecular weight is 354 g/mol. The highest BCUT2D eigenvalue weighted by molar-refractivity contribution is 7.80. The predicted octanol–water partition coefficient (Wildman–Crippen LogP) is 4.91. The van der Waals surface area contributed by atoms with E-state index in [0.29, 0.717) is 11.7 Å². The van der Waals surface area contributed by atoms with Gasteiger partial charge in [-0.15, -0.1) is 11.3 Å². The molecule has 1 aromatic heterocycles. The summed E-state index contributed by atoms with van der Waals surface area (Å²) in [7, 11) is 0. The maximum Gasteiger partial charge on any atom is 0.171 e. The van der Waals surface area contributed by atoms with Crippen LogP contribution in [0.25, 0.3) is 11.3 Å². The van der Waals surface area contributed by atoms with Crippen LogP contribution in [0.4, 0.5) is 5.69 Å². The number of nitrogens with zero attached hydrogens (tertiary/aromatic N) is 1. The Morgan fingerprint density at radius 3 is 2.38 bits per heavy atom. The molecular formula is C19H19N3S2. The Kier molecular flexibility index (Phi) is 5.23. The Bertz CT molecular complexity index is 821. The van der Waals surface area contributed by atoms with Gasteiger partial charge in [0.15, 0.2) is 5.11 Å². The van der Waals surface area contributed by atoms with Crippen molar-refractivity contribution >= 4 is 34.4 Å². The van der Waals surface area contributed by atoms with Crippen LogP contribution in [0.3, 0.4) is 0 Å². The van der Waals surface area contributed by atoms with Crippen LogP contribution in [0.15, 0.2) is 53.9 Å². The fourth-order valence-electron chi connectivity index (χ4n) is 2.28. The van der Waals surface area contributed by atoms with Gasteiger partial charge >= 0.3 is 0 Å². The second-order valence-corrected chi connectivity index (χ2v) is 7.09. The molecule has 0 atom stereocenters. The number of rotatable bonds is 4. The van der Waals surface area contributed by atoms with E-state index in [4.69, 9.17) is 12.2 Å². The molecular weight excluding hydrogens is 334 g/mol.